The van der Waals surface area contributed by atoms with Crippen LogP contribution < -0.4 is 19.7 Å². The van der Waals surface area contributed by atoms with Crippen molar-refractivity contribution in [1.29, 1.82) is 0 Å². The molecule has 0 bridgehead atoms. The van der Waals surface area contributed by atoms with Gasteiger partial charge in [-0.1, -0.05) is 12.1 Å². The van der Waals surface area contributed by atoms with Crippen molar-refractivity contribution in [3.8, 4) is 11.5 Å². The molecule has 0 atom stereocenters. The van der Waals surface area contributed by atoms with Gasteiger partial charge in [0.05, 0.1) is 0 Å². The molecule has 0 saturated carbocycles. The molecule has 0 aliphatic carbocycles. The molecule has 2 aromatic carbocycles. The first-order chi connectivity index (χ1) is 13.2. The highest BCUT2D eigenvalue weighted by atomic mass is 16.7. The number of hydrogen-bond donors (Lipinski definition) is 1. The van der Waals surface area contributed by atoms with Gasteiger partial charge in [-0.15, -0.1) is 0 Å². The van der Waals surface area contributed by atoms with Crippen molar-refractivity contribution < 1.29 is 14.3 Å². The van der Waals surface area contributed by atoms with Crippen LogP contribution >= 0.6 is 0 Å². The predicted octanol–water partition coefficient (Wildman–Crippen LogP) is 2.14. The number of hydrogen-bond acceptors (Lipinski definition) is 5. The molecule has 0 aromatic heterocycles. The zero-order valence-corrected chi connectivity index (χ0v) is 15.6. The number of anilines is 1. The summed E-state index contributed by atoms with van der Waals surface area (Å²) in [6, 6.07) is 13.9. The summed E-state index contributed by atoms with van der Waals surface area (Å²) < 4.78 is 10.6. The van der Waals surface area contributed by atoms with Crippen LogP contribution in [0.5, 0.6) is 11.5 Å². The van der Waals surface area contributed by atoms with Gasteiger partial charge in [0.2, 0.25) is 6.79 Å². The maximum atomic E-state index is 12.3. The molecule has 142 valence electrons. The summed E-state index contributed by atoms with van der Waals surface area (Å²) in [5.41, 5.74) is 3.08. The number of likely N-dealkylation sites (N-methyl/N-ethyl adjacent to an activating group) is 1. The summed E-state index contributed by atoms with van der Waals surface area (Å²) in [6.45, 7) is 5.16. The molecule has 1 amide bonds. The van der Waals surface area contributed by atoms with Crippen molar-refractivity contribution in [2.24, 2.45) is 0 Å². The molecule has 2 aliphatic rings. The largest absolute Gasteiger partial charge is 0.454 e. The Kier molecular flexibility index (Phi) is 5.16. The highest BCUT2D eigenvalue weighted by Crippen LogP contribution is 2.32. The summed E-state index contributed by atoms with van der Waals surface area (Å²) in [4.78, 5) is 17.1. The number of rotatable bonds is 5. The van der Waals surface area contributed by atoms with Crippen LogP contribution in [0.2, 0.25) is 0 Å². The van der Waals surface area contributed by atoms with Gasteiger partial charge in [0.15, 0.2) is 11.5 Å². The summed E-state index contributed by atoms with van der Waals surface area (Å²) in [6.07, 6.45) is 0.805. The zero-order valence-electron chi connectivity index (χ0n) is 15.6. The van der Waals surface area contributed by atoms with E-state index in [1.54, 1.807) is 18.2 Å². The summed E-state index contributed by atoms with van der Waals surface area (Å²) >= 11 is 0. The first-order valence-electron chi connectivity index (χ1n) is 9.39. The minimum absolute atomic E-state index is 0.0950. The fourth-order valence-electron chi connectivity index (χ4n) is 3.40. The van der Waals surface area contributed by atoms with E-state index in [1.165, 1.54) is 11.3 Å². The topological polar surface area (TPSA) is 54.0 Å². The molecule has 6 nitrogen and oxygen atoms in total. The summed E-state index contributed by atoms with van der Waals surface area (Å²) in [5.74, 6) is 1.22. The first kappa shape index (κ1) is 17.7. The molecule has 27 heavy (non-hydrogen) atoms. The number of carbonyl (C=O) groups excluding carboxylic acids is 1. The number of piperazine rings is 1. The quantitative estimate of drug-likeness (QED) is 0.878. The lowest BCUT2D eigenvalue weighted by Crippen LogP contribution is -2.44. The Balaban J connectivity index is 1.27. The van der Waals surface area contributed by atoms with Crippen LogP contribution in [0.1, 0.15) is 15.9 Å². The normalized spacial score (nSPS) is 16.4. The number of benzene rings is 2. The average molecular weight is 367 g/mol. The summed E-state index contributed by atoms with van der Waals surface area (Å²) in [7, 11) is 2.16. The Morgan fingerprint density at radius 1 is 1.00 bits per heavy atom. The van der Waals surface area contributed by atoms with Gasteiger partial charge in [-0.2, -0.15) is 0 Å². The van der Waals surface area contributed by atoms with Crippen molar-refractivity contribution in [2.75, 3.05) is 51.5 Å². The van der Waals surface area contributed by atoms with Gasteiger partial charge in [0, 0.05) is 44.0 Å². The molecule has 4 rings (SSSR count). The lowest BCUT2D eigenvalue weighted by Gasteiger charge is -2.34. The van der Waals surface area contributed by atoms with Crippen molar-refractivity contribution in [2.45, 2.75) is 6.42 Å². The van der Waals surface area contributed by atoms with E-state index in [0.717, 1.165) is 32.6 Å². The lowest BCUT2D eigenvalue weighted by atomic mass is 10.1. The Morgan fingerprint density at radius 3 is 2.52 bits per heavy atom. The molecule has 1 N–H and O–H groups in total. The van der Waals surface area contributed by atoms with Gasteiger partial charge < -0.3 is 24.6 Å². The smallest absolute Gasteiger partial charge is 0.251 e. The van der Waals surface area contributed by atoms with E-state index in [2.05, 4.69) is 46.4 Å². The molecule has 0 unspecified atom stereocenters. The maximum Gasteiger partial charge on any atom is 0.251 e. The lowest BCUT2D eigenvalue weighted by molar-refractivity contribution is 0.0953. The first-order valence-corrected chi connectivity index (χ1v) is 9.39. The highest BCUT2D eigenvalue weighted by Gasteiger charge is 2.16. The Labute approximate surface area is 159 Å². The number of fused-ring (bicyclic) bond motifs is 1. The van der Waals surface area contributed by atoms with Crippen LogP contribution in [0.3, 0.4) is 0 Å². The molecule has 1 fully saturated rings. The molecular weight excluding hydrogens is 342 g/mol. The Morgan fingerprint density at radius 2 is 1.74 bits per heavy atom. The standard InChI is InChI=1S/C21H25N3O3/c1-23-10-12-24(13-11-23)18-5-2-16(3-6-18)8-9-22-21(25)17-4-7-19-20(14-17)27-15-26-19/h2-7,14H,8-13,15H2,1H3,(H,22,25). The maximum absolute atomic E-state index is 12.3. The van der Waals surface area contributed by atoms with Crippen molar-refractivity contribution >= 4 is 11.6 Å². The van der Waals surface area contributed by atoms with E-state index < -0.39 is 0 Å². The van der Waals surface area contributed by atoms with Crippen molar-refractivity contribution in [1.82, 2.24) is 10.2 Å². The van der Waals surface area contributed by atoms with Crippen molar-refractivity contribution in [3.63, 3.8) is 0 Å². The van der Waals surface area contributed by atoms with Crippen LogP contribution in [0.4, 0.5) is 5.69 Å². The monoisotopic (exact) mass is 367 g/mol. The minimum Gasteiger partial charge on any atom is -0.454 e. The molecule has 0 radical (unpaired) electrons. The van der Waals surface area contributed by atoms with Crippen LogP contribution in [-0.2, 0) is 6.42 Å². The van der Waals surface area contributed by atoms with Gasteiger partial charge in [0.1, 0.15) is 0 Å². The second kappa shape index (κ2) is 7.88. The van der Waals surface area contributed by atoms with Gasteiger partial charge in [0.25, 0.3) is 5.91 Å². The number of nitrogens with zero attached hydrogens (tertiary/aromatic N) is 2. The number of amides is 1. The number of nitrogens with one attached hydrogen (secondary N) is 1. The SMILES string of the molecule is CN1CCN(c2ccc(CCNC(=O)c3ccc4c(c3)OCO4)cc2)CC1. The molecule has 6 heteroatoms. The van der Waals surface area contributed by atoms with E-state index in [1.807, 2.05) is 0 Å². The van der Waals surface area contributed by atoms with E-state index in [9.17, 15) is 4.79 Å². The van der Waals surface area contributed by atoms with Gasteiger partial charge in [-0.05, 0) is 49.4 Å². The highest BCUT2D eigenvalue weighted by molar-refractivity contribution is 5.94. The number of ether oxygens (including phenoxy) is 2. The van der Waals surface area contributed by atoms with Crippen LogP contribution in [0.15, 0.2) is 42.5 Å². The molecule has 2 aromatic rings. The number of carbonyl (C=O) groups is 1. The van der Waals surface area contributed by atoms with E-state index in [0.29, 0.717) is 23.6 Å². The van der Waals surface area contributed by atoms with Gasteiger partial charge >= 0.3 is 0 Å². The zero-order chi connectivity index (χ0) is 18.6. The van der Waals surface area contributed by atoms with Crippen LogP contribution in [0.25, 0.3) is 0 Å². The fraction of sp³-hybridized carbons (Fsp3) is 0.381. The summed E-state index contributed by atoms with van der Waals surface area (Å²) in [5, 5.41) is 2.97. The van der Waals surface area contributed by atoms with Gasteiger partial charge in [-0.3, -0.25) is 4.79 Å². The van der Waals surface area contributed by atoms with Gasteiger partial charge in [-0.25, -0.2) is 0 Å². The van der Waals surface area contributed by atoms with Crippen LogP contribution in [0, 0.1) is 0 Å². The Bertz CT molecular complexity index is 799. The molecule has 2 heterocycles. The van der Waals surface area contributed by atoms with E-state index in [-0.39, 0.29) is 12.7 Å². The van der Waals surface area contributed by atoms with E-state index >= 15 is 0 Å². The molecular formula is C21H25N3O3. The van der Waals surface area contributed by atoms with Crippen molar-refractivity contribution in [3.05, 3.63) is 53.6 Å². The average Bonchev–Trinajstić information content (AvgIpc) is 3.17. The predicted molar refractivity (Wildman–Crippen MR) is 105 cm³/mol. The fourth-order valence-corrected chi connectivity index (χ4v) is 3.40. The van der Waals surface area contributed by atoms with Crippen LogP contribution in [-0.4, -0.2) is 57.4 Å². The minimum atomic E-state index is -0.0950. The van der Waals surface area contributed by atoms with E-state index in [4.69, 9.17) is 9.47 Å². The molecule has 2 aliphatic heterocycles. The third-order valence-electron chi connectivity index (χ3n) is 5.14. The molecule has 0 spiro atoms. The second-order valence-corrected chi connectivity index (χ2v) is 7.03. The third kappa shape index (κ3) is 4.17. The molecule has 1 saturated heterocycles. The second-order valence-electron chi connectivity index (χ2n) is 7.03. The Hall–Kier alpha value is -2.73. The third-order valence-corrected chi connectivity index (χ3v) is 5.14.